The lowest BCUT2D eigenvalue weighted by Gasteiger charge is -2.13. The fraction of sp³-hybridized carbons (Fsp3) is 0.250. The predicted octanol–water partition coefficient (Wildman–Crippen LogP) is 5.50. The van der Waals surface area contributed by atoms with Gasteiger partial charge in [0.1, 0.15) is 11.6 Å². The number of aryl methyl sites for hydroxylation is 2. The maximum Gasteiger partial charge on any atom is 0.259 e. The van der Waals surface area contributed by atoms with E-state index < -0.39 is 0 Å². The number of hydrogen-bond donors (Lipinski definition) is 2. The van der Waals surface area contributed by atoms with Crippen LogP contribution >= 0.6 is 0 Å². The van der Waals surface area contributed by atoms with Crippen molar-refractivity contribution in [3.63, 3.8) is 0 Å². The lowest BCUT2D eigenvalue weighted by atomic mass is 10.1. The summed E-state index contributed by atoms with van der Waals surface area (Å²) >= 11 is 0. The van der Waals surface area contributed by atoms with E-state index in [1.165, 1.54) is 0 Å². The lowest BCUT2D eigenvalue weighted by Crippen LogP contribution is -2.15. The number of nitrogens with one attached hydrogen (secondary N) is 1. The highest BCUT2D eigenvalue weighted by molar-refractivity contribution is 6.07. The van der Waals surface area contributed by atoms with Crippen molar-refractivity contribution in [1.82, 2.24) is 4.98 Å². The van der Waals surface area contributed by atoms with Gasteiger partial charge in [0.05, 0.1) is 12.2 Å². The van der Waals surface area contributed by atoms with Crippen LogP contribution in [0.1, 0.15) is 41.4 Å². The standard InChI is InChI=1S/C24H27N3O3/c1-4-5-14-29-21-8-6-7-9-22(21)30-19-12-10-18(11-13-19)27-24(28)20-15-16(2)17(3)26-23(20)25/h6-13,15H,4-5,14H2,1-3H3,(H2,25,26)(H,27,28). The zero-order valence-corrected chi connectivity index (χ0v) is 17.6. The van der Waals surface area contributed by atoms with E-state index >= 15 is 0 Å². The van der Waals surface area contributed by atoms with Gasteiger partial charge in [-0.05, 0) is 68.3 Å². The zero-order chi connectivity index (χ0) is 21.5. The van der Waals surface area contributed by atoms with Crippen LogP contribution in [0, 0.1) is 13.8 Å². The van der Waals surface area contributed by atoms with Crippen molar-refractivity contribution in [2.24, 2.45) is 0 Å². The fourth-order valence-corrected chi connectivity index (χ4v) is 2.82. The Morgan fingerprint density at radius 2 is 1.77 bits per heavy atom. The van der Waals surface area contributed by atoms with Gasteiger partial charge in [-0.25, -0.2) is 4.98 Å². The summed E-state index contributed by atoms with van der Waals surface area (Å²) in [6, 6.07) is 16.5. The van der Waals surface area contributed by atoms with Crippen molar-refractivity contribution in [3.8, 4) is 17.2 Å². The van der Waals surface area contributed by atoms with Crippen LogP contribution in [0.2, 0.25) is 0 Å². The molecule has 0 fully saturated rings. The molecule has 0 unspecified atom stereocenters. The first kappa shape index (κ1) is 21.2. The van der Waals surface area contributed by atoms with Crippen LogP contribution in [0.25, 0.3) is 0 Å². The average molecular weight is 405 g/mol. The summed E-state index contributed by atoms with van der Waals surface area (Å²) in [7, 11) is 0. The number of nitrogens with two attached hydrogens (primary N) is 1. The third-order valence-corrected chi connectivity index (χ3v) is 4.68. The van der Waals surface area contributed by atoms with Crippen LogP contribution in [0.4, 0.5) is 11.5 Å². The molecule has 30 heavy (non-hydrogen) atoms. The van der Waals surface area contributed by atoms with Crippen LogP contribution in [-0.4, -0.2) is 17.5 Å². The molecule has 0 radical (unpaired) electrons. The fourth-order valence-electron chi connectivity index (χ4n) is 2.82. The van der Waals surface area contributed by atoms with Crippen molar-refractivity contribution in [3.05, 3.63) is 71.4 Å². The summed E-state index contributed by atoms with van der Waals surface area (Å²) in [4.78, 5) is 16.8. The van der Waals surface area contributed by atoms with E-state index in [-0.39, 0.29) is 11.7 Å². The number of rotatable bonds is 8. The SMILES string of the molecule is CCCCOc1ccccc1Oc1ccc(NC(=O)c2cc(C)c(C)nc2N)cc1. The highest BCUT2D eigenvalue weighted by Gasteiger charge is 2.13. The summed E-state index contributed by atoms with van der Waals surface area (Å²) in [6.07, 6.45) is 2.06. The highest BCUT2D eigenvalue weighted by Crippen LogP contribution is 2.32. The molecule has 0 saturated carbocycles. The average Bonchev–Trinajstić information content (AvgIpc) is 2.73. The van der Waals surface area contributed by atoms with Crippen LogP contribution < -0.4 is 20.5 Å². The number of amides is 1. The first-order valence-corrected chi connectivity index (χ1v) is 10.0. The Morgan fingerprint density at radius 3 is 2.47 bits per heavy atom. The van der Waals surface area contributed by atoms with Gasteiger partial charge in [0.2, 0.25) is 0 Å². The predicted molar refractivity (Wildman–Crippen MR) is 119 cm³/mol. The Kier molecular flexibility index (Phi) is 6.91. The van der Waals surface area contributed by atoms with Crippen LogP contribution in [0.15, 0.2) is 54.6 Å². The number of benzene rings is 2. The quantitative estimate of drug-likeness (QED) is 0.483. The first-order chi connectivity index (χ1) is 14.5. The van der Waals surface area contributed by atoms with E-state index in [1.54, 1.807) is 30.3 Å². The van der Waals surface area contributed by atoms with Gasteiger partial charge in [0, 0.05) is 11.4 Å². The molecule has 0 aliphatic rings. The van der Waals surface area contributed by atoms with E-state index in [1.807, 2.05) is 38.1 Å². The minimum Gasteiger partial charge on any atom is -0.490 e. The molecule has 6 heteroatoms. The Labute approximate surface area is 177 Å². The largest absolute Gasteiger partial charge is 0.490 e. The molecule has 3 rings (SSSR count). The molecule has 0 atom stereocenters. The highest BCUT2D eigenvalue weighted by atomic mass is 16.5. The molecule has 156 valence electrons. The third kappa shape index (κ3) is 5.29. The van der Waals surface area contributed by atoms with Crippen molar-refractivity contribution >= 4 is 17.4 Å². The van der Waals surface area contributed by atoms with Gasteiger partial charge < -0.3 is 20.5 Å². The minimum absolute atomic E-state index is 0.218. The number of carbonyl (C=O) groups excluding carboxylic acids is 1. The zero-order valence-electron chi connectivity index (χ0n) is 17.6. The van der Waals surface area contributed by atoms with Gasteiger partial charge in [-0.15, -0.1) is 0 Å². The maximum atomic E-state index is 12.6. The van der Waals surface area contributed by atoms with Crippen molar-refractivity contribution in [2.75, 3.05) is 17.7 Å². The van der Waals surface area contributed by atoms with E-state index in [9.17, 15) is 4.79 Å². The topological polar surface area (TPSA) is 86.5 Å². The monoisotopic (exact) mass is 405 g/mol. The molecule has 3 N–H and O–H groups in total. The van der Waals surface area contributed by atoms with Gasteiger partial charge in [0.15, 0.2) is 11.5 Å². The molecule has 1 amide bonds. The molecular formula is C24H27N3O3. The Balaban J connectivity index is 1.67. The number of ether oxygens (including phenoxy) is 2. The third-order valence-electron chi connectivity index (χ3n) is 4.68. The van der Waals surface area contributed by atoms with Gasteiger partial charge >= 0.3 is 0 Å². The Morgan fingerprint density at radius 1 is 1.07 bits per heavy atom. The summed E-state index contributed by atoms with van der Waals surface area (Å²) in [5, 5.41) is 2.84. The molecule has 2 aromatic carbocycles. The second kappa shape index (κ2) is 9.78. The van der Waals surface area contributed by atoms with Crippen LogP contribution in [0.5, 0.6) is 17.2 Å². The summed E-state index contributed by atoms with van der Waals surface area (Å²) in [6.45, 7) is 6.53. The minimum atomic E-state index is -0.300. The summed E-state index contributed by atoms with van der Waals surface area (Å²) < 4.78 is 11.8. The van der Waals surface area contributed by atoms with Crippen LogP contribution in [-0.2, 0) is 0 Å². The molecule has 1 aromatic heterocycles. The van der Waals surface area contributed by atoms with Crippen LogP contribution in [0.3, 0.4) is 0 Å². The first-order valence-electron chi connectivity index (χ1n) is 10.0. The Hall–Kier alpha value is -3.54. The molecule has 6 nitrogen and oxygen atoms in total. The molecule has 3 aromatic rings. The van der Waals surface area contributed by atoms with E-state index in [2.05, 4.69) is 17.2 Å². The number of anilines is 2. The van der Waals surface area contributed by atoms with Gasteiger partial charge in [-0.3, -0.25) is 4.79 Å². The molecule has 0 aliphatic heterocycles. The normalized spacial score (nSPS) is 10.5. The van der Waals surface area contributed by atoms with Crippen molar-refractivity contribution < 1.29 is 14.3 Å². The molecular weight excluding hydrogens is 378 g/mol. The molecule has 0 spiro atoms. The number of carbonyl (C=O) groups is 1. The summed E-state index contributed by atoms with van der Waals surface area (Å²) in [5.74, 6) is 1.92. The molecule has 0 bridgehead atoms. The van der Waals surface area contributed by atoms with Gasteiger partial charge in [-0.1, -0.05) is 25.5 Å². The number of pyridine rings is 1. The smallest absolute Gasteiger partial charge is 0.259 e. The molecule has 0 saturated heterocycles. The van der Waals surface area contributed by atoms with E-state index in [4.69, 9.17) is 15.2 Å². The lowest BCUT2D eigenvalue weighted by molar-refractivity contribution is 0.102. The van der Waals surface area contributed by atoms with Gasteiger partial charge in [-0.2, -0.15) is 0 Å². The van der Waals surface area contributed by atoms with Crippen molar-refractivity contribution in [2.45, 2.75) is 33.6 Å². The number of para-hydroxylation sites is 2. The summed E-state index contributed by atoms with van der Waals surface area (Å²) in [5.41, 5.74) is 8.63. The second-order valence-electron chi connectivity index (χ2n) is 7.05. The number of unbranched alkanes of at least 4 members (excludes halogenated alkanes) is 1. The molecule has 0 aliphatic carbocycles. The second-order valence-corrected chi connectivity index (χ2v) is 7.05. The van der Waals surface area contributed by atoms with E-state index in [0.717, 1.165) is 24.1 Å². The number of nitrogens with zero attached hydrogens (tertiary/aromatic N) is 1. The number of nitrogen functional groups attached to an aromatic ring is 1. The van der Waals surface area contributed by atoms with Crippen molar-refractivity contribution in [1.29, 1.82) is 0 Å². The molecule has 1 heterocycles. The van der Waals surface area contributed by atoms with E-state index in [0.29, 0.717) is 35.1 Å². The number of hydrogen-bond acceptors (Lipinski definition) is 5. The number of aromatic nitrogens is 1. The van der Waals surface area contributed by atoms with Gasteiger partial charge in [0.25, 0.3) is 5.91 Å². The Bertz CT molecular complexity index is 1020. The maximum absolute atomic E-state index is 12.6.